The van der Waals surface area contributed by atoms with E-state index in [2.05, 4.69) is 0 Å². The van der Waals surface area contributed by atoms with Crippen molar-refractivity contribution in [3.05, 3.63) is 34.4 Å². The molecule has 3 atom stereocenters. The number of carbonyl (C=O) groups excluding carboxylic acids is 1. The molecule has 2 unspecified atom stereocenters. The molecule has 9 heteroatoms. The summed E-state index contributed by atoms with van der Waals surface area (Å²) in [6, 6.07) is 0. The van der Waals surface area contributed by atoms with Gasteiger partial charge in [-0.05, 0) is 19.8 Å². The van der Waals surface area contributed by atoms with Gasteiger partial charge in [-0.3, -0.25) is 4.79 Å². The van der Waals surface area contributed by atoms with E-state index in [0.717, 1.165) is 13.3 Å². The predicted molar refractivity (Wildman–Crippen MR) is 83.5 cm³/mol. The number of halogens is 4. The standard InChI is InChI=1S/C18H20F4O5/c1-8(23)10-13(19)15(21)12(16(22)14(10)20)11-9(24)7-26-18(27-17(11)25)5-3-2-4-6-18/h8-9,11,23-24H,2-7H2,1H3/t8-,9?,11?/m0/s1. The highest BCUT2D eigenvalue weighted by atomic mass is 19.2. The van der Waals surface area contributed by atoms with Gasteiger partial charge in [0.2, 0.25) is 5.79 Å². The number of rotatable bonds is 2. The summed E-state index contributed by atoms with van der Waals surface area (Å²) in [5, 5.41) is 19.6. The molecule has 0 aromatic heterocycles. The van der Waals surface area contributed by atoms with Crippen molar-refractivity contribution in [2.45, 2.75) is 62.9 Å². The Morgan fingerprint density at radius 1 is 1.04 bits per heavy atom. The number of ether oxygens (including phenoxy) is 2. The smallest absolute Gasteiger partial charge is 0.318 e. The van der Waals surface area contributed by atoms with E-state index in [-0.39, 0.29) is 0 Å². The lowest BCUT2D eigenvalue weighted by Crippen LogP contribution is -2.39. The molecule has 150 valence electrons. The highest BCUT2D eigenvalue weighted by Gasteiger charge is 2.47. The topological polar surface area (TPSA) is 76.0 Å². The molecule has 1 aromatic carbocycles. The van der Waals surface area contributed by atoms with E-state index in [1.165, 1.54) is 0 Å². The number of esters is 1. The maximum absolute atomic E-state index is 14.5. The second kappa shape index (κ2) is 7.37. The van der Waals surface area contributed by atoms with Gasteiger partial charge in [-0.15, -0.1) is 0 Å². The summed E-state index contributed by atoms with van der Waals surface area (Å²) < 4.78 is 68.2. The zero-order valence-corrected chi connectivity index (χ0v) is 14.6. The predicted octanol–water partition coefficient (Wildman–Crippen LogP) is 2.97. The fourth-order valence-electron chi connectivity index (χ4n) is 3.72. The van der Waals surface area contributed by atoms with Crippen LogP contribution in [0.4, 0.5) is 17.6 Å². The summed E-state index contributed by atoms with van der Waals surface area (Å²) >= 11 is 0. The molecule has 2 aliphatic rings. The second-order valence-electron chi connectivity index (χ2n) is 7.01. The average molecular weight is 392 g/mol. The lowest BCUT2D eigenvalue weighted by molar-refractivity contribution is -0.238. The molecule has 3 rings (SSSR count). The van der Waals surface area contributed by atoms with Crippen LogP contribution in [-0.4, -0.2) is 34.7 Å². The Labute approximate surface area is 152 Å². The molecule has 0 bridgehead atoms. The van der Waals surface area contributed by atoms with Crippen molar-refractivity contribution in [1.82, 2.24) is 0 Å². The highest BCUT2D eigenvalue weighted by Crippen LogP contribution is 2.40. The van der Waals surface area contributed by atoms with Gasteiger partial charge in [0.25, 0.3) is 0 Å². The maximum atomic E-state index is 14.5. The van der Waals surface area contributed by atoms with Gasteiger partial charge in [0.05, 0.1) is 24.4 Å². The van der Waals surface area contributed by atoms with E-state index in [4.69, 9.17) is 9.47 Å². The first-order valence-corrected chi connectivity index (χ1v) is 8.77. The van der Waals surface area contributed by atoms with Crippen molar-refractivity contribution in [2.75, 3.05) is 6.61 Å². The van der Waals surface area contributed by atoms with Gasteiger partial charge < -0.3 is 19.7 Å². The van der Waals surface area contributed by atoms with Crippen molar-refractivity contribution < 1.29 is 42.0 Å². The molecule has 1 aliphatic heterocycles. The molecule has 0 amide bonds. The summed E-state index contributed by atoms with van der Waals surface area (Å²) in [5.41, 5.74) is -2.46. The summed E-state index contributed by atoms with van der Waals surface area (Å²) in [5.74, 6) is -11.9. The number of hydrogen-bond donors (Lipinski definition) is 2. The summed E-state index contributed by atoms with van der Waals surface area (Å²) in [6.45, 7) is 0.451. The van der Waals surface area contributed by atoms with Crippen LogP contribution in [-0.2, 0) is 14.3 Å². The van der Waals surface area contributed by atoms with Crippen LogP contribution < -0.4 is 0 Å². The molecule has 2 fully saturated rings. The minimum atomic E-state index is -2.00. The SMILES string of the molecule is C[C@H](O)c1c(F)c(F)c(C2C(=O)OC3(CCCCC3)OCC2O)c(F)c1F. The van der Waals surface area contributed by atoms with Crippen LogP contribution in [0.5, 0.6) is 0 Å². The van der Waals surface area contributed by atoms with Crippen molar-refractivity contribution in [1.29, 1.82) is 0 Å². The number of carbonyl (C=O) groups is 1. The average Bonchev–Trinajstić information content (AvgIpc) is 2.72. The molecule has 1 aliphatic carbocycles. The minimum Gasteiger partial charge on any atom is -0.433 e. The van der Waals surface area contributed by atoms with Crippen LogP contribution in [0.15, 0.2) is 0 Å². The molecule has 2 N–H and O–H groups in total. The molecular weight excluding hydrogens is 372 g/mol. The third kappa shape index (κ3) is 3.43. The Balaban J connectivity index is 2.06. The van der Waals surface area contributed by atoms with Crippen LogP contribution in [0.2, 0.25) is 0 Å². The van der Waals surface area contributed by atoms with Gasteiger partial charge in [0.1, 0.15) is 5.92 Å². The van der Waals surface area contributed by atoms with Crippen molar-refractivity contribution >= 4 is 5.97 Å². The van der Waals surface area contributed by atoms with E-state index in [0.29, 0.717) is 25.7 Å². The molecule has 1 aromatic rings. The van der Waals surface area contributed by atoms with Gasteiger partial charge in [0, 0.05) is 18.4 Å². The number of aliphatic hydroxyl groups excluding tert-OH is 2. The molecular formula is C18H20F4O5. The monoisotopic (exact) mass is 392 g/mol. The zero-order chi connectivity index (χ0) is 19.9. The molecule has 1 saturated carbocycles. The van der Waals surface area contributed by atoms with Gasteiger partial charge in [-0.2, -0.15) is 0 Å². The Bertz CT molecular complexity index is 717. The first-order chi connectivity index (χ1) is 12.7. The minimum absolute atomic E-state index is 0.354. The number of hydrogen-bond acceptors (Lipinski definition) is 5. The van der Waals surface area contributed by atoms with Gasteiger partial charge >= 0.3 is 5.97 Å². The van der Waals surface area contributed by atoms with E-state index < -0.39 is 70.9 Å². The molecule has 1 spiro atoms. The molecule has 0 radical (unpaired) electrons. The highest BCUT2D eigenvalue weighted by molar-refractivity contribution is 5.80. The molecule has 5 nitrogen and oxygen atoms in total. The zero-order valence-electron chi connectivity index (χ0n) is 14.6. The quantitative estimate of drug-likeness (QED) is 0.460. The normalized spacial score (nSPS) is 26.6. The van der Waals surface area contributed by atoms with Crippen LogP contribution in [0.25, 0.3) is 0 Å². The second-order valence-corrected chi connectivity index (χ2v) is 7.01. The van der Waals surface area contributed by atoms with E-state index >= 15 is 0 Å². The Hall–Kier alpha value is -1.71. The first-order valence-electron chi connectivity index (χ1n) is 8.77. The lowest BCUT2D eigenvalue weighted by Gasteiger charge is -2.34. The third-order valence-corrected chi connectivity index (χ3v) is 5.12. The maximum Gasteiger partial charge on any atom is 0.318 e. The fourth-order valence-corrected chi connectivity index (χ4v) is 3.72. The summed E-state index contributed by atoms with van der Waals surface area (Å²) in [6.07, 6.45) is -0.581. The van der Waals surface area contributed by atoms with Crippen molar-refractivity contribution in [3.8, 4) is 0 Å². The van der Waals surface area contributed by atoms with Crippen molar-refractivity contribution in [3.63, 3.8) is 0 Å². The third-order valence-electron chi connectivity index (χ3n) is 5.12. The van der Waals surface area contributed by atoms with Gasteiger partial charge in [0.15, 0.2) is 23.3 Å². The van der Waals surface area contributed by atoms with E-state index in [1.54, 1.807) is 0 Å². The summed E-state index contributed by atoms with van der Waals surface area (Å²) in [4.78, 5) is 12.6. The largest absolute Gasteiger partial charge is 0.433 e. The Kier molecular flexibility index (Phi) is 5.47. The van der Waals surface area contributed by atoms with Crippen LogP contribution in [0, 0.1) is 23.3 Å². The van der Waals surface area contributed by atoms with Gasteiger partial charge in [-0.1, -0.05) is 6.42 Å². The molecule has 1 heterocycles. The number of benzene rings is 1. The van der Waals surface area contributed by atoms with E-state index in [1.807, 2.05) is 0 Å². The fraction of sp³-hybridized carbons (Fsp3) is 0.611. The lowest BCUT2D eigenvalue weighted by atomic mass is 9.90. The Morgan fingerprint density at radius 2 is 1.59 bits per heavy atom. The first kappa shape index (κ1) is 20.0. The molecule has 27 heavy (non-hydrogen) atoms. The van der Waals surface area contributed by atoms with Crippen LogP contribution in [0.3, 0.4) is 0 Å². The molecule has 1 saturated heterocycles. The van der Waals surface area contributed by atoms with Crippen LogP contribution >= 0.6 is 0 Å². The van der Waals surface area contributed by atoms with Gasteiger partial charge in [-0.25, -0.2) is 17.6 Å². The summed E-state index contributed by atoms with van der Waals surface area (Å²) in [7, 11) is 0. The van der Waals surface area contributed by atoms with Crippen LogP contribution in [0.1, 0.15) is 62.2 Å². The Morgan fingerprint density at radius 3 is 2.11 bits per heavy atom. The number of aliphatic hydroxyl groups is 2. The van der Waals surface area contributed by atoms with E-state index in [9.17, 15) is 32.6 Å². The van der Waals surface area contributed by atoms with Crippen molar-refractivity contribution in [2.24, 2.45) is 0 Å².